The maximum Gasteiger partial charge on any atom is 0.410 e. The van der Waals surface area contributed by atoms with Gasteiger partial charge in [0.15, 0.2) is 0 Å². The van der Waals surface area contributed by atoms with E-state index in [4.69, 9.17) is 14.2 Å². The fourth-order valence-corrected chi connectivity index (χ4v) is 3.97. The second kappa shape index (κ2) is 9.09. The molecule has 1 amide bonds. The number of likely N-dealkylation sites (tertiary alicyclic amines) is 2. The Labute approximate surface area is 178 Å². The number of ether oxygens (including phenoxy) is 3. The molecule has 1 aromatic heterocycles. The first-order chi connectivity index (χ1) is 14.1. The summed E-state index contributed by atoms with van der Waals surface area (Å²) in [7, 11) is 2.10. The molecule has 0 aromatic carbocycles. The van der Waals surface area contributed by atoms with Crippen molar-refractivity contribution >= 4 is 6.09 Å². The third kappa shape index (κ3) is 5.76. The zero-order chi connectivity index (χ0) is 21.9. The van der Waals surface area contributed by atoms with Crippen LogP contribution in [0.3, 0.4) is 0 Å². The minimum absolute atomic E-state index is 0.0408. The van der Waals surface area contributed by atoms with Crippen LogP contribution in [0.2, 0.25) is 0 Å². The van der Waals surface area contributed by atoms with Gasteiger partial charge in [-0.05, 0) is 54.1 Å². The average molecular weight is 417 g/mol. The molecule has 164 valence electrons. The predicted molar refractivity (Wildman–Crippen MR) is 112 cm³/mol. The smallest absolute Gasteiger partial charge is 0.410 e. The largest absolute Gasteiger partial charge is 0.488 e. The average Bonchev–Trinajstić information content (AvgIpc) is 3.29. The molecule has 30 heavy (non-hydrogen) atoms. The zero-order valence-corrected chi connectivity index (χ0v) is 18.6. The maximum atomic E-state index is 12.3. The van der Waals surface area contributed by atoms with Crippen LogP contribution >= 0.6 is 0 Å². The van der Waals surface area contributed by atoms with Crippen molar-refractivity contribution in [3.05, 3.63) is 17.8 Å². The summed E-state index contributed by atoms with van der Waals surface area (Å²) in [4.78, 5) is 20.5. The van der Waals surface area contributed by atoms with E-state index >= 15 is 0 Å². The number of likely N-dealkylation sites (N-methyl/N-ethyl adjacent to an activating group) is 1. The van der Waals surface area contributed by atoms with E-state index in [1.165, 1.54) is 0 Å². The summed E-state index contributed by atoms with van der Waals surface area (Å²) >= 11 is 0. The Hall–Kier alpha value is -2.53. The van der Waals surface area contributed by atoms with E-state index in [1.807, 2.05) is 27.7 Å². The normalized spacial score (nSPS) is 23.1. The number of carbonyl (C=O) groups is 1. The topological polar surface area (TPSA) is 87.9 Å². The van der Waals surface area contributed by atoms with Gasteiger partial charge in [-0.15, -0.1) is 0 Å². The summed E-state index contributed by atoms with van der Waals surface area (Å²) in [5.74, 6) is 0.915. The lowest BCUT2D eigenvalue weighted by molar-refractivity contribution is 0.0275. The molecule has 3 rings (SSSR count). The molecule has 8 nitrogen and oxygen atoms in total. The van der Waals surface area contributed by atoms with Gasteiger partial charge < -0.3 is 19.1 Å². The molecule has 0 aliphatic carbocycles. The summed E-state index contributed by atoms with van der Waals surface area (Å²) in [6, 6.07) is 5.73. The Kier molecular flexibility index (Phi) is 6.71. The van der Waals surface area contributed by atoms with E-state index in [-0.39, 0.29) is 24.0 Å². The van der Waals surface area contributed by atoms with Gasteiger partial charge in [-0.25, -0.2) is 9.78 Å². The lowest BCUT2D eigenvalue weighted by Gasteiger charge is -2.26. The van der Waals surface area contributed by atoms with Crippen LogP contribution in [0.4, 0.5) is 4.79 Å². The summed E-state index contributed by atoms with van der Waals surface area (Å²) in [6.45, 7) is 9.66. The number of nitriles is 1. The van der Waals surface area contributed by atoms with Gasteiger partial charge >= 0.3 is 6.09 Å². The third-order valence-electron chi connectivity index (χ3n) is 5.41. The van der Waals surface area contributed by atoms with Gasteiger partial charge in [-0.2, -0.15) is 5.26 Å². The number of rotatable bonds is 5. The highest BCUT2D eigenvalue weighted by molar-refractivity contribution is 5.68. The Balaban J connectivity index is 1.63. The summed E-state index contributed by atoms with van der Waals surface area (Å²) in [5, 5.41) is 9.36. The third-order valence-corrected chi connectivity index (χ3v) is 5.41. The molecule has 0 saturated carbocycles. The highest BCUT2D eigenvalue weighted by Crippen LogP contribution is 2.26. The minimum Gasteiger partial charge on any atom is -0.488 e. The number of pyridine rings is 1. The Morgan fingerprint density at radius 2 is 2.07 bits per heavy atom. The van der Waals surface area contributed by atoms with Crippen LogP contribution in [0.1, 0.15) is 52.7 Å². The summed E-state index contributed by atoms with van der Waals surface area (Å²) in [6.07, 6.45) is 2.40. The van der Waals surface area contributed by atoms with Gasteiger partial charge in [0.05, 0.1) is 6.54 Å². The van der Waals surface area contributed by atoms with Crippen molar-refractivity contribution in [1.29, 1.82) is 5.26 Å². The molecule has 1 aromatic rings. The molecule has 0 N–H and O–H groups in total. The highest BCUT2D eigenvalue weighted by atomic mass is 16.6. The first-order valence-electron chi connectivity index (χ1n) is 10.6. The second-order valence-corrected chi connectivity index (χ2v) is 9.11. The van der Waals surface area contributed by atoms with Crippen LogP contribution in [0.5, 0.6) is 11.6 Å². The fraction of sp³-hybridized carbons (Fsp3) is 0.682. The molecule has 3 atom stereocenters. The molecule has 3 heterocycles. The maximum absolute atomic E-state index is 12.3. The van der Waals surface area contributed by atoms with Crippen molar-refractivity contribution in [1.82, 2.24) is 14.8 Å². The Morgan fingerprint density at radius 1 is 1.30 bits per heavy atom. The van der Waals surface area contributed by atoms with Crippen molar-refractivity contribution in [2.75, 3.05) is 26.7 Å². The van der Waals surface area contributed by atoms with Crippen LogP contribution in [0, 0.1) is 11.3 Å². The number of aromatic nitrogens is 1. The van der Waals surface area contributed by atoms with E-state index in [2.05, 4.69) is 23.0 Å². The van der Waals surface area contributed by atoms with Gasteiger partial charge in [-0.1, -0.05) is 0 Å². The highest BCUT2D eigenvalue weighted by Gasteiger charge is 2.31. The summed E-state index contributed by atoms with van der Waals surface area (Å²) in [5.41, 5.74) is -0.282. The van der Waals surface area contributed by atoms with Crippen LogP contribution in [-0.4, -0.2) is 71.4 Å². The van der Waals surface area contributed by atoms with Crippen molar-refractivity contribution in [3.63, 3.8) is 0 Å². The fourth-order valence-electron chi connectivity index (χ4n) is 3.97. The number of hydrogen-bond donors (Lipinski definition) is 0. The minimum atomic E-state index is -0.529. The number of hydrogen-bond acceptors (Lipinski definition) is 7. The molecule has 0 unspecified atom stereocenters. The number of carbonyl (C=O) groups excluding carboxylic acids is 1. The van der Waals surface area contributed by atoms with E-state index in [0.717, 1.165) is 19.4 Å². The molecule has 2 fully saturated rings. The van der Waals surface area contributed by atoms with Gasteiger partial charge in [0.25, 0.3) is 0 Å². The van der Waals surface area contributed by atoms with Crippen molar-refractivity contribution < 1.29 is 19.0 Å². The van der Waals surface area contributed by atoms with E-state index in [1.54, 1.807) is 17.0 Å². The molecular formula is C22H32N4O4. The van der Waals surface area contributed by atoms with Gasteiger partial charge in [-0.3, -0.25) is 4.90 Å². The summed E-state index contributed by atoms with van der Waals surface area (Å²) < 4.78 is 17.6. The Bertz CT molecular complexity index is 801. The predicted octanol–water partition coefficient (Wildman–Crippen LogP) is 3.20. The molecule has 2 aliphatic rings. The van der Waals surface area contributed by atoms with Crippen LogP contribution in [0.15, 0.2) is 12.1 Å². The van der Waals surface area contributed by atoms with E-state index in [0.29, 0.717) is 37.2 Å². The van der Waals surface area contributed by atoms with Crippen molar-refractivity contribution in [2.24, 2.45) is 0 Å². The molecule has 8 heteroatoms. The Morgan fingerprint density at radius 3 is 2.70 bits per heavy atom. The van der Waals surface area contributed by atoms with Gasteiger partial charge in [0.1, 0.15) is 35.3 Å². The van der Waals surface area contributed by atoms with Crippen LogP contribution < -0.4 is 9.47 Å². The molecule has 0 radical (unpaired) electrons. The first-order valence-corrected chi connectivity index (χ1v) is 10.6. The van der Waals surface area contributed by atoms with Gasteiger partial charge in [0.2, 0.25) is 5.88 Å². The lowest BCUT2D eigenvalue weighted by atomic mass is 10.1. The molecule has 2 aliphatic heterocycles. The number of nitrogens with zero attached hydrogens (tertiary/aromatic N) is 4. The van der Waals surface area contributed by atoms with E-state index < -0.39 is 5.60 Å². The van der Waals surface area contributed by atoms with Gasteiger partial charge in [0, 0.05) is 31.1 Å². The van der Waals surface area contributed by atoms with Crippen molar-refractivity contribution in [3.8, 4) is 17.7 Å². The quantitative estimate of drug-likeness (QED) is 0.728. The van der Waals surface area contributed by atoms with Crippen LogP contribution in [0.25, 0.3) is 0 Å². The molecule has 2 saturated heterocycles. The zero-order valence-electron chi connectivity index (χ0n) is 18.6. The molecule has 0 bridgehead atoms. The molecular weight excluding hydrogens is 384 g/mol. The van der Waals surface area contributed by atoms with E-state index in [9.17, 15) is 10.1 Å². The lowest BCUT2D eigenvalue weighted by Crippen LogP contribution is -2.38. The monoisotopic (exact) mass is 416 g/mol. The second-order valence-electron chi connectivity index (χ2n) is 9.11. The first kappa shape index (κ1) is 22.2. The van der Waals surface area contributed by atoms with Crippen LogP contribution in [-0.2, 0) is 4.74 Å². The standard InChI is InChI=1S/C22H32N4O4/c1-15(19-7-6-9-25(19)5)28-20-12-18(11-16(13-23)24-20)29-17-8-10-26(14-17)21(27)30-22(2,3)4/h11-12,15,17,19H,6-10,14H2,1-5H3/t15-,17+,19-/m0/s1. The number of amides is 1. The SMILES string of the molecule is C[C@H](Oc1cc(O[C@@H]2CCN(C(=O)OC(C)(C)C)C2)cc(C#N)n1)[C@@H]1CCCN1C. The van der Waals surface area contributed by atoms with Crippen molar-refractivity contribution in [2.45, 2.75) is 70.8 Å². The molecule has 0 spiro atoms.